The molecule has 0 aliphatic carbocycles. The van der Waals surface area contributed by atoms with Gasteiger partial charge >= 0.3 is 0 Å². The number of thiophene rings is 1. The molecule has 2 heterocycles. The fourth-order valence-corrected chi connectivity index (χ4v) is 4.89. The topological polar surface area (TPSA) is 97.8 Å². The summed E-state index contributed by atoms with van der Waals surface area (Å²) in [5.74, 6) is -0.506. The molecule has 0 saturated carbocycles. The summed E-state index contributed by atoms with van der Waals surface area (Å²) in [4.78, 5) is 28.5. The fraction of sp³-hybridized carbons (Fsp3) is 0.240. The molecule has 1 unspecified atom stereocenters. The largest absolute Gasteiger partial charge is 0.361 e. The number of nitriles is 1. The van der Waals surface area contributed by atoms with Crippen molar-refractivity contribution >= 4 is 44.1 Å². The number of rotatable bonds is 9. The molecule has 7 heteroatoms. The van der Waals surface area contributed by atoms with Crippen LogP contribution in [-0.2, 0) is 22.4 Å². The highest BCUT2D eigenvalue weighted by molar-refractivity contribution is 7.17. The number of aromatic amines is 1. The smallest absolute Gasteiger partial charge is 0.243 e. The molecule has 4 aromatic rings. The molecule has 2 amide bonds. The van der Waals surface area contributed by atoms with E-state index >= 15 is 0 Å². The van der Waals surface area contributed by atoms with E-state index in [0.717, 1.165) is 27.6 Å². The van der Waals surface area contributed by atoms with E-state index in [9.17, 15) is 9.59 Å². The number of aryl methyl sites for hydroxylation is 1. The minimum Gasteiger partial charge on any atom is -0.361 e. The molecule has 162 valence electrons. The van der Waals surface area contributed by atoms with E-state index in [2.05, 4.69) is 21.7 Å². The summed E-state index contributed by atoms with van der Waals surface area (Å²) in [7, 11) is 0. The third kappa shape index (κ3) is 4.98. The molecule has 3 N–H and O–H groups in total. The zero-order chi connectivity index (χ0) is 22.3. The maximum atomic E-state index is 12.7. The highest BCUT2D eigenvalue weighted by Crippen LogP contribution is 2.26. The Bertz CT molecular complexity index is 1280. The summed E-state index contributed by atoms with van der Waals surface area (Å²) < 4.78 is 1.14. The first-order chi connectivity index (χ1) is 15.7. The molecule has 0 saturated heterocycles. The number of hydrogen-bond acceptors (Lipinski definition) is 4. The van der Waals surface area contributed by atoms with Crippen molar-refractivity contribution in [3.05, 3.63) is 71.2 Å². The molecule has 1 atom stereocenters. The maximum absolute atomic E-state index is 12.7. The summed E-state index contributed by atoms with van der Waals surface area (Å²) >= 11 is 1.62. The van der Waals surface area contributed by atoms with Gasteiger partial charge in [0.1, 0.15) is 12.6 Å². The lowest BCUT2D eigenvalue weighted by molar-refractivity contribution is -0.128. The molecular formula is C25H24N4O2S. The van der Waals surface area contributed by atoms with Gasteiger partial charge in [0.25, 0.3) is 0 Å². The van der Waals surface area contributed by atoms with Gasteiger partial charge in [-0.2, -0.15) is 5.26 Å². The van der Waals surface area contributed by atoms with Crippen molar-refractivity contribution in [2.75, 3.05) is 6.54 Å². The van der Waals surface area contributed by atoms with Crippen LogP contribution < -0.4 is 10.6 Å². The van der Waals surface area contributed by atoms with Crippen LogP contribution in [0.15, 0.2) is 60.1 Å². The Balaban J connectivity index is 1.39. The Hall–Kier alpha value is -3.63. The Morgan fingerprint density at radius 2 is 1.84 bits per heavy atom. The number of para-hydroxylation sites is 1. The van der Waals surface area contributed by atoms with Crippen molar-refractivity contribution in [2.24, 2.45) is 0 Å². The van der Waals surface area contributed by atoms with Crippen LogP contribution in [-0.4, -0.2) is 29.4 Å². The third-order valence-corrected chi connectivity index (χ3v) is 6.52. The average Bonchev–Trinajstić information content (AvgIpc) is 3.41. The summed E-state index contributed by atoms with van der Waals surface area (Å²) in [6, 6.07) is 17.3. The summed E-state index contributed by atoms with van der Waals surface area (Å²) in [6.45, 7) is -0.0872. The lowest BCUT2D eigenvalue weighted by atomic mass is 10.0. The van der Waals surface area contributed by atoms with Crippen LogP contribution in [0.2, 0.25) is 0 Å². The number of carbonyl (C=O) groups is 2. The number of H-pyrrole nitrogens is 1. The van der Waals surface area contributed by atoms with Crippen LogP contribution in [0.25, 0.3) is 21.0 Å². The van der Waals surface area contributed by atoms with E-state index in [1.54, 1.807) is 11.3 Å². The number of benzene rings is 2. The molecule has 4 rings (SSSR count). The number of hydrogen-bond donors (Lipinski definition) is 3. The molecule has 0 bridgehead atoms. The van der Waals surface area contributed by atoms with Gasteiger partial charge in [0.2, 0.25) is 11.8 Å². The first-order valence-electron chi connectivity index (χ1n) is 10.6. The van der Waals surface area contributed by atoms with Crippen LogP contribution in [0.1, 0.15) is 24.0 Å². The standard InChI is InChI=1S/C25H24N4O2S/c26-12-13-27-25(31)22(14-18-16-32-23-10-4-2-8-20(18)23)29-24(30)11-5-6-17-15-28-21-9-3-1-7-19(17)21/h1-4,7-10,15-16,22,28H,5-6,11,13-14H2,(H,27,31)(H,29,30). The monoisotopic (exact) mass is 444 g/mol. The van der Waals surface area contributed by atoms with Gasteiger partial charge in [-0.15, -0.1) is 11.3 Å². The van der Waals surface area contributed by atoms with E-state index in [1.165, 1.54) is 10.9 Å². The van der Waals surface area contributed by atoms with Gasteiger partial charge in [-0.25, -0.2) is 0 Å². The molecule has 0 aliphatic heterocycles. The van der Waals surface area contributed by atoms with Crippen molar-refractivity contribution < 1.29 is 9.59 Å². The number of carbonyl (C=O) groups excluding carboxylic acids is 2. The van der Waals surface area contributed by atoms with Crippen LogP contribution in [0.4, 0.5) is 0 Å². The molecule has 0 spiro atoms. The predicted molar refractivity (Wildman–Crippen MR) is 127 cm³/mol. The summed E-state index contributed by atoms with van der Waals surface area (Å²) in [5.41, 5.74) is 3.28. The second-order valence-corrected chi connectivity index (χ2v) is 8.58. The SMILES string of the molecule is N#CCNC(=O)C(Cc1csc2ccccc12)NC(=O)CCCc1c[nH]c2ccccc12. The molecule has 2 aromatic carbocycles. The zero-order valence-corrected chi connectivity index (χ0v) is 18.4. The minimum atomic E-state index is -0.720. The average molecular weight is 445 g/mol. The van der Waals surface area contributed by atoms with Crippen molar-refractivity contribution in [1.29, 1.82) is 5.26 Å². The lowest BCUT2D eigenvalue weighted by Gasteiger charge is -2.18. The van der Waals surface area contributed by atoms with E-state index in [-0.39, 0.29) is 18.4 Å². The fourth-order valence-electron chi connectivity index (χ4n) is 3.91. The maximum Gasteiger partial charge on any atom is 0.243 e. The van der Waals surface area contributed by atoms with E-state index in [1.807, 2.05) is 60.1 Å². The normalized spacial score (nSPS) is 11.8. The highest BCUT2D eigenvalue weighted by Gasteiger charge is 2.22. The van der Waals surface area contributed by atoms with Crippen LogP contribution >= 0.6 is 11.3 Å². The van der Waals surface area contributed by atoms with Gasteiger partial charge in [0, 0.05) is 34.6 Å². The molecule has 32 heavy (non-hydrogen) atoms. The quantitative estimate of drug-likeness (QED) is 0.339. The van der Waals surface area contributed by atoms with Crippen molar-refractivity contribution in [1.82, 2.24) is 15.6 Å². The van der Waals surface area contributed by atoms with Gasteiger partial charge in [0.05, 0.1) is 6.07 Å². The zero-order valence-electron chi connectivity index (χ0n) is 17.6. The minimum absolute atomic E-state index is 0.0872. The van der Waals surface area contributed by atoms with E-state index in [4.69, 9.17) is 5.26 Å². The third-order valence-electron chi connectivity index (χ3n) is 5.50. The summed E-state index contributed by atoms with van der Waals surface area (Å²) in [5, 5.41) is 18.6. The highest BCUT2D eigenvalue weighted by atomic mass is 32.1. The first-order valence-corrected chi connectivity index (χ1v) is 11.5. The molecule has 0 aliphatic rings. The van der Waals surface area contributed by atoms with Crippen molar-refractivity contribution in [2.45, 2.75) is 31.7 Å². The first kappa shape index (κ1) is 21.6. The van der Waals surface area contributed by atoms with E-state index < -0.39 is 6.04 Å². The predicted octanol–water partition coefficient (Wildman–Crippen LogP) is 4.07. The van der Waals surface area contributed by atoms with Crippen molar-refractivity contribution in [3.8, 4) is 6.07 Å². The molecular weight excluding hydrogens is 420 g/mol. The van der Waals surface area contributed by atoms with E-state index in [0.29, 0.717) is 19.3 Å². The second-order valence-electron chi connectivity index (χ2n) is 7.67. The Morgan fingerprint density at radius 1 is 1.06 bits per heavy atom. The number of fused-ring (bicyclic) bond motifs is 2. The number of aromatic nitrogens is 1. The van der Waals surface area contributed by atoms with Crippen LogP contribution in [0.5, 0.6) is 0 Å². The number of nitrogens with zero attached hydrogens (tertiary/aromatic N) is 1. The summed E-state index contributed by atoms with van der Waals surface area (Å²) in [6.07, 6.45) is 4.16. The Kier molecular flexibility index (Phi) is 6.83. The van der Waals surface area contributed by atoms with Gasteiger partial charge in [-0.3, -0.25) is 9.59 Å². The van der Waals surface area contributed by atoms with Gasteiger partial charge in [0.15, 0.2) is 0 Å². The lowest BCUT2D eigenvalue weighted by Crippen LogP contribution is -2.48. The molecule has 0 fully saturated rings. The molecule has 0 radical (unpaired) electrons. The van der Waals surface area contributed by atoms with Crippen molar-refractivity contribution in [3.63, 3.8) is 0 Å². The van der Waals surface area contributed by atoms with Gasteiger partial charge < -0.3 is 15.6 Å². The molecule has 2 aromatic heterocycles. The van der Waals surface area contributed by atoms with Crippen LogP contribution in [0, 0.1) is 11.3 Å². The molecule has 6 nitrogen and oxygen atoms in total. The number of nitrogens with one attached hydrogen (secondary N) is 3. The Labute approximate surface area is 190 Å². The number of amides is 2. The van der Waals surface area contributed by atoms with Gasteiger partial charge in [-0.1, -0.05) is 36.4 Å². The van der Waals surface area contributed by atoms with Crippen LogP contribution in [0.3, 0.4) is 0 Å². The Morgan fingerprint density at radius 3 is 2.69 bits per heavy atom. The second kappa shape index (κ2) is 10.1. The van der Waals surface area contributed by atoms with Gasteiger partial charge in [-0.05, 0) is 46.9 Å².